The van der Waals surface area contributed by atoms with Crippen molar-refractivity contribution in [3.63, 3.8) is 0 Å². The molecule has 15 heavy (non-hydrogen) atoms. The summed E-state index contributed by atoms with van der Waals surface area (Å²) in [6, 6.07) is 0. The van der Waals surface area contributed by atoms with Gasteiger partial charge < -0.3 is 10.1 Å². The molecule has 1 rings (SSSR count). The highest BCUT2D eigenvalue weighted by Gasteiger charge is 2.05. The summed E-state index contributed by atoms with van der Waals surface area (Å²) < 4.78 is 7.16. The van der Waals surface area contributed by atoms with Crippen LogP contribution in [0.4, 0.5) is 0 Å². The molecule has 84 valence electrons. The molecule has 1 N–H and O–H groups in total. The van der Waals surface area contributed by atoms with E-state index in [1.807, 2.05) is 11.7 Å². The topological polar surface area (TPSA) is 39.1 Å². The Morgan fingerprint density at radius 3 is 3.00 bits per heavy atom. The molecule has 0 saturated carbocycles. The summed E-state index contributed by atoms with van der Waals surface area (Å²) in [4.78, 5) is 0. The molecule has 0 radical (unpaired) electrons. The van der Waals surface area contributed by atoms with Crippen LogP contribution < -0.4 is 10.1 Å². The molecule has 0 amide bonds. The van der Waals surface area contributed by atoms with E-state index >= 15 is 0 Å². The first-order valence-electron chi connectivity index (χ1n) is 5.24. The third-order valence-electron chi connectivity index (χ3n) is 2.20. The third kappa shape index (κ3) is 3.09. The first-order valence-corrected chi connectivity index (χ1v) is 5.24. The number of rotatable bonds is 6. The molecule has 0 aliphatic carbocycles. The Morgan fingerprint density at radius 2 is 2.40 bits per heavy atom. The number of ether oxygens (including phenoxy) is 1. The van der Waals surface area contributed by atoms with Crippen LogP contribution in [-0.4, -0.2) is 30.5 Å². The summed E-state index contributed by atoms with van der Waals surface area (Å²) >= 11 is 0. The quantitative estimate of drug-likeness (QED) is 0.722. The molecular weight excluding hydrogens is 190 g/mol. The predicted octanol–water partition coefficient (Wildman–Crippen LogP) is 1.53. The van der Waals surface area contributed by atoms with Crippen LogP contribution in [0.25, 0.3) is 6.08 Å². The molecule has 4 nitrogen and oxygen atoms in total. The van der Waals surface area contributed by atoms with E-state index < -0.39 is 0 Å². The molecule has 1 aromatic rings. The maximum Gasteiger partial charge on any atom is 0.164 e. The number of aryl methyl sites for hydroxylation is 1. The fourth-order valence-corrected chi connectivity index (χ4v) is 1.38. The number of nitrogens with zero attached hydrogens (tertiary/aromatic N) is 2. The Hall–Kier alpha value is -1.29. The van der Waals surface area contributed by atoms with Gasteiger partial charge in [0.1, 0.15) is 5.69 Å². The van der Waals surface area contributed by atoms with Crippen LogP contribution in [0, 0.1) is 0 Å². The Morgan fingerprint density at radius 1 is 1.60 bits per heavy atom. The molecule has 0 aliphatic rings. The maximum absolute atomic E-state index is 5.23. The van der Waals surface area contributed by atoms with Gasteiger partial charge in [-0.05, 0) is 33.0 Å². The molecule has 0 bridgehead atoms. The van der Waals surface area contributed by atoms with E-state index in [1.54, 1.807) is 13.3 Å². The van der Waals surface area contributed by atoms with Gasteiger partial charge in [-0.15, -0.1) is 0 Å². The highest BCUT2D eigenvalue weighted by molar-refractivity contribution is 5.52. The molecule has 4 heteroatoms. The second kappa shape index (κ2) is 6.24. The van der Waals surface area contributed by atoms with Crippen LogP contribution in [-0.2, 0) is 6.54 Å². The molecule has 0 saturated heterocycles. The minimum Gasteiger partial charge on any atom is -0.493 e. The number of methoxy groups -OCH3 is 1. The maximum atomic E-state index is 5.23. The first-order chi connectivity index (χ1) is 7.33. The average molecular weight is 209 g/mol. The van der Waals surface area contributed by atoms with Gasteiger partial charge in [0.25, 0.3) is 0 Å². The average Bonchev–Trinajstić information content (AvgIpc) is 2.66. The van der Waals surface area contributed by atoms with Crippen molar-refractivity contribution in [3.05, 3.63) is 18.0 Å². The zero-order valence-corrected chi connectivity index (χ0v) is 9.66. The number of nitrogens with one attached hydrogen (secondary N) is 1. The van der Waals surface area contributed by atoms with Gasteiger partial charge >= 0.3 is 0 Å². The summed E-state index contributed by atoms with van der Waals surface area (Å²) in [6.07, 6.45) is 6.95. The molecule has 0 spiro atoms. The van der Waals surface area contributed by atoms with Crippen molar-refractivity contribution in [2.45, 2.75) is 19.9 Å². The molecule has 0 unspecified atom stereocenters. The fraction of sp³-hybridized carbons (Fsp3) is 0.545. The van der Waals surface area contributed by atoms with Gasteiger partial charge in [-0.25, -0.2) is 0 Å². The monoisotopic (exact) mass is 209 g/mol. The smallest absolute Gasteiger partial charge is 0.164 e. The zero-order valence-electron chi connectivity index (χ0n) is 9.66. The Kier molecular flexibility index (Phi) is 4.90. The second-order valence-corrected chi connectivity index (χ2v) is 3.21. The van der Waals surface area contributed by atoms with Crippen molar-refractivity contribution < 1.29 is 4.74 Å². The van der Waals surface area contributed by atoms with E-state index in [0.717, 1.165) is 31.0 Å². The van der Waals surface area contributed by atoms with Gasteiger partial charge in [0.05, 0.1) is 13.3 Å². The molecular formula is C11H19N3O. The molecule has 0 fully saturated rings. The van der Waals surface area contributed by atoms with E-state index in [9.17, 15) is 0 Å². The van der Waals surface area contributed by atoms with Crippen LogP contribution in [0.2, 0.25) is 0 Å². The van der Waals surface area contributed by atoms with Crippen molar-refractivity contribution in [1.29, 1.82) is 0 Å². The Bertz CT molecular complexity index is 296. The van der Waals surface area contributed by atoms with E-state index in [2.05, 4.69) is 29.5 Å². The van der Waals surface area contributed by atoms with Crippen LogP contribution in [0.3, 0.4) is 0 Å². The minimum atomic E-state index is 0.831. The summed E-state index contributed by atoms with van der Waals surface area (Å²) in [5, 5.41) is 7.33. The molecule has 0 aromatic carbocycles. The zero-order chi connectivity index (χ0) is 11.1. The SMILES string of the molecule is CCn1ncc(OC)c1/C=C/CCNC. The molecule has 1 heterocycles. The number of aromatic nitrogens is 2. The van der Waals surface area contributed by atoms with Gasteiger partial charge in [0.2, 0.25) is 0 Å². The van der Waals surface area contributed by atoms with Gasteiger partial charge in [-0.3, -0.25) is 4.68 Å². The lowest BCUT2D eigenvalue weighted by Gasteiger charge is -2.02. The predicted molar refractivity (Wildman–Crippen MR) is 62.0 cm³/mol. The second-order valence-electron chi connectivity index (χ2n) is 3.21. The van der Waals surface area contributed by atoms with E-state index in [4.69, 9.17) is 4.74 Å². The van der Waals surface area contributed by atoms with E-state index in [0.29, 0.717) is 0 Å². The summed E-state index contributed by atoms with van der Waals surface area (Å²) in [5.41, 5.74) is 1.04. The minimum absolute atomic E-state index is 0.831. The highest BCUT2D eigenvalue weighted by atomic mass is 16.5. The van der Waals surface area contributed by atoms with Crippen molar-refractivity contribution in [3.8, 4) is 5.75 Å². The van der Waals surface area contributed by atoms with Crippen molar-refractivity contribution >= 4 is 6.08 Å². The van der Waals surface area contributed by atoms with Crippen LogP contribution in [0.5, 0.6) is 5.75 Å². The van der Waals surface area contributed by atoms with Gasteiger partial charge in [-0.2, -0.15) is 5.10 Å². The molecule has 1 aromatic heterocycles. The summed E-state index contributed by atoms with van der Waals surface area (Å²) in [7, 11) is 3.62. The Balaban J connectivity index is 2.72. The number of hydrogen-bond donors (Lipinski definition) is 1. The van der Waals surface area contributed by atoms with Crippen LogP contribution in [0.15, 0.2) is 12.3 Å². The van der Waals surface area contributed by atoms with Gasteiger partial charge in [0, 0.05) is 6.54 Å². The van der Waals surface area contributed by atoms with E-state index in [1.165, 1.54) is 0 Å². The number of hydrogen-bond acceptors (Lipinski definition) is 3. The summed E-state index contributed by atoms with van der Waals surface area (Å²) in [6.45, 7) is 3.91. The lowest BCUT2D eigenvalue weighted by molar-refractivity contribution is 0.412. The molecule has 0 aliphatic heterocycles. The standard InChI is InChI=1S/C11H19N3O/c1-4-14-10(7-5-6-8-12-2)11(15-3)9-13-14/h5,7,9,12H,4,6,8H2,1-3H3/b7-5+. The third-order valence-corrected chi connectivity index (χ3v) is 2.20. The first kappa shape index (κ1) is 11.8. The highest BCUT2D eigenvalue weighted by Crippen LogP contribution is 2.18. The largest absolute Gasteiger partial charge is 0.493 e. The Labute approximate surface area is 90.9 Å². The van der Waals surface area contributed by atoms with Crippen molar-refractivity contribution in [2.24, 2.45) is 0 Å². The normalized spacial score (nSPS) is 11.1. The lowest BCUT2D eigenvalue weighted by Crippen LogP contribution is -2.05. The molecule has 0 atom stereocenters. The van der Waals surface area contributed by atoms with Crippen LogP contribution >= 0.6 is 0 Å². The fourth-order valence-electron chi connectivity index (χ4n) is 1.38. The lowest BCUT2D eigenvalue weighted by atomic mass is 10.3. The van der Waals surface area contributed by atoms with Gasteiger partial charge in [0.15, 0.2) is 5.75 Å². The van der Waals surface area contributed by atoms with Crippen molar-refractivity contribution in [1.82, 2.24) is 15.1 Å². The summed E-state index contributed by atoms with van der Waals surface area (Å²) in [5.74, 6) is 0.831. The van der Waals surface area contributed by atoms with Crippen LogP contribution in [0.1, 0.15) is 19.0 Å². The van der Waals surface area contributed by atoms with E-state index in [-0.39, 0.29) is 0 Å². The van der Waals surface area contributed by atoms with Crippen molar-refractivity contribution in [2.75, 3.05) is 20.7 Å². The van der Waals surface area contributed by atoms with Gasteiger partial charge in [-0.1, -0.05) is 6.08 Å².